The number of anilines is 2. The minimum absolute atomic E-state index is 0.183. The quantitative estimate of drug-likeness (QED) is 0.438. The number of nitrogens with zero attached hydrogens (tertiary/aromatic N) is 8. The van der Waals surface area contributed by atoms with Crippen molar-refractivity contribution >= 4 is 44.5 Å². The van der Waals surface area contributed by atoms with Crippen molar-refractivity contribution in [3.8, 4) is 0 Å². The summed E-state index contributed by atoms with van der Waals surface area (Å²) in [7, 11) is 2.15. The van der Waals surface area contributed by atoms with Gasteiger partial charge in [0.1, 0.15) is 5.82 Å². The molecule has 0 unspecified atom stereocenters. The van der Waals surface area contributed by atoms with Crippen molar-refractivity contribution in [2.75, 3.05) is 43.0 Å². The van der Waals surface area contributed by atoms with Gasteiger partial charge in [0.25, 0.3) is 0 Å². The summed E-state index contributed by atoms with van der Waals surface area (Å²) in [5, 5.41) is 4.57. The predicted molar refractivity (Wildman–Crippen MR) is 135 cm³/mol. The Morgan fingerprint density at radius 1 is 1.06 bits per heavy atom. The van der Waals surface area contributed by atoms with Crippen molar-refractivity contribution < 1.29 is 0 Å². The van der Waals surface area contributed by atoms with Gasteiger partial charge in [-0.25, -0.2) is 4.98 Å². The first-order chi connectivity index (χ1) is 15.8. The molecule has 0 aliphatic carbocycles. The first-order valence-electron chi connectivity index (χ1n) is 11.4. The third-order valence-corrected chi connectivity index (χ3v) is 6.99. The van der Waals surface area contributed by atoms with Crippen molar-refractivity contribution in [2.45, 2.75) is 40.3 Å². The number of hydrogen-bond donors (Lipinski definition) is 1. The molecule has 5 rings (SSSR count). The molecular weight excluding hydrogens is 482 g/mol. The molecular formula is C23H30BrN9. The predicted octanol–water partition coefficient (Wildman–Crippen LogP) is 3.55. The Kier molecular flexibility index (Phi) is 5.74. The van der Waals surface area contributed by atoms with Gasteiger partial charge in [0.2, 0.25) is 11.9 Å². The lowest BCUT2D eigenvalue weighted by Gasteiger charge is -2.33. The summed E-state index contributed by atoms with van der Waals surface area (Å²) in [6, 6.07) is 4.49. The average molecular weight is 512 g/mol. The molecule has 1 fully saturated rings. The zero-order valence-corrected chi connectivity index (χ0v) is 21.4. The van der Waals surface area contributed by atoms with Crippen molar-refractivity contribution in [3.63, 3.8) is 0 Å². The van der Waals surface area contributed by atoms with Crippen LogP contribution in [-0.2, 0) is 6.54 Å². The number of imidazole rings is 1. The molecule has 0 radical (unpaired) electrons. The lowest BCUT2D eigenvalue weighted by Crippen LogP contribution is -2.45. The second-order valence-corrected chi connectivity index (χ2v) is 10.1. The van der Waals surface area contributed by atoms with Crippen LogP contribution in [-0.4, -0.2) is 73.7 Å². The van der Waals surface area contributed by atoms with Crippen molar-refractivity contribution in [3.05, 3.63) is 39.8 Å². The van der Waals surface area contributed by atoms with E-state index in [4.69, 9.17) is 15.0 Å². The Balaban J connectivity index is 1.56. The van der Waals surface area contributed by atoms with E-state index in [0.717, 1.165) is 65.1 Å². The summed E-state index contributed by atoms with van der Waals surface area (Å²) in [4.78, 5) is 25.1. The van der Waals surface area contributed by atoms with Crippen LogP contribution in [0.2, 0.25) is 0 Å². The second kappa shape index (κ2) is 8.57. The molecule has 0 bridgehead atoms. The number of aryl methyl sites for hydroxylation is 2. The van der Waals surface area contributed by atoms with E-state index in [1.54, 1.807) is 6.20 Å². The van der Waals surface area contributed by atoms with Crippen LogP contribution < -0.4 is 9.80 Å². The minimum atomic E-state index is 0.183. The molecule has 1 saturated heterocycles. The molecule has 0 spiro atoms. The number of hydrogen-bond acceptors (Lipinski definition) is 7. The number of aromatic amines is 1. The fourth-order valence-corrected chi connectivity index (χ4v) is 4.55. The third kappa shape index (κ3) is 4.17. The molecule has 9 nitrogen and oxygen atoms in total. The number of rotatable bonds is 5. The molecule has 0 atom stereocenters. The summed E-state index contributed by atoms with van der Waals surface area (Å²) >= 11 is 3.62. The highest BCUT2D eigenvalue weighted by Gasteiger charge is 2.24. The molecule has 1 aliphatic rings. The first-order valence-corrected chi connectivity index (χ1v) is 12.2. The van der Waals surface area contributed by atoms with E-state index in [1.165, 1.54) is 11.1 Å². The van der Waals surface area contributed by atoms with E-state index in [-0.39, 0.29) is 6.04 Å². The van der Waals surface area contributed by atoms with Gasteiger partial charge in [0.05, 0.1) is 28.2 Å². The smallest absolute Gasteiger partial charge is 0.232 e. The number of benzene rings is 1. The number of nitrogens with one attached hydrogen (secondary N) is 1. The van der Waals surface area contributed by atoms with Gasteiger partial charge in [-0.3, -0.25) is 0 Å². The van der Waals surface area contributed by atoms with Gasteiger partial charge in [-0.05, 0) is 73.9 Å². The van der Waals surface area contributed by atoms with Crippen molar-refractivity contribution in [2.24, 2.45) is 0 Å². The fourth-order valence-electron chi connectivity index (χ4n) is 4.20. The molecule has 3 aromatic heterocycles. The summed E-state index contributed by atoms with van der Waals surface area (Å²) in [5.74, 6) is 2.42. The number of halogens is 1. The summed E-state index contributed by atoms with van der Waals surface area (Å²) in [5.41, 5.74) is 5.33. The van der Waals surface area contributed by atoms with Crippen LogP contribution in [0.15, 0.2) is 22.8 Å². The van der Waals surface area contributed by atoms with E-state index < -0.39 is 0 Å². The fraction of sp³-hybridized carbons (Fsp3) is 0.478. The van der Waals surface area contributed by atoms with E-state index in [1.807, 2.05) is 4.52 Å². The molecule has 0 amide bonds. The van der Waals surface area contributed by atoms with E-state index in [0.29, 0.717) is 6.54 Å². The molecule has 1 aliphatic heterocycles. The van der Waals surface area contributed by atoms with Crippen LogP contribution in [0, 0.1) is 13.8 Å². The van der Waals surface area contributed by atoms with Gasteiger partial charge in [-0.2, -0.15) is 19.6 Å². The Morgan fingerprint density at radius 2 is 1.79 bits per heavy atom. The summed E-state index contributed by atoms with van der Waals surface area (Å²) in [6.45, 7) is 13.0. The molecule has 4 heterocycles. The highest BCUT2D eigenvalue weighted by atomic mass is 79.9. The maximum absolute atomic E-state index is 5.02. The second-order valence-electron chi connectivity index (χ2n) is 9.20. The van der Waals surface area contributed by atoms with Gasteiger partial charge in [-0.15, -0.1) is 0 Å². The molecule has 0 saturated carbocycles. The van der Waals surface area contributed by atoms with Crippen LogP contribution in [0.1, 0.15) is 30.8 Å². The zero-order chi connectivity index (χ0) is 23.3. The van der Waals surface area contributed by atoms with Crippen LogP contribution in [0.5, 0.6) is 0 Å². The topological polar surface area (TPSA) is 81.5 Å². The monoisotopic (exact) mass is 511 g/mol. The van der Waals surface area contributed by atoms with Gasteiger partial charge in [0, 0.05) is 32.2 Å². The third-order valence-electron chi connectivity index (χ3n) is 6.43. The first kappa shape index (κ1) is 22.1. The summed E-state index contributed by atoms with van der Waals surface area (Å²) in [6.07, 6.45) is 1.78. The molecule has 4 aromatic rings. The Labute approximate surface area is 202 Å². The Morgan fingerprint density at radius 3 is 2.52 bits per heavy atom. The van der Waals surface area contributed by atoms with Gasteiger partial charge >= 0.3 is 0 Å². The minimum Gasteiger partial charge on any atom is -0.340 e. The largest absolute Gasteiger partial charge is 0.340 e. The zero-order valence-electron chi connectivity index (χ0n) is 19.8. The Bertz CT molecular complexity index is 1260. The number of aromatic nitrogens is 6. The van der Waals surface area contributed by atoms with E-state index in [2.05, 4.69) is 87.6 Å². The van der Waals surface area contributed by atoms with E-state index >= 15 is 0 Å². The van der Waals surface area contributed by atoms with Crippen LogP contribution in [0.3, 0.4) is 0 Å². The molecule has 1 N–H and O–H groups in total. The number of H-pyrrole nitrogens is 1. The SMILES string of the molecule is Cc1cc2nc(CN(c3nc(N4CCN(C)CC4)nc4c(Br)cnn34)C(C)C)[nH]c2cc1C. The maximum atomic E-state index is 5.02. The van der Waals surface area contributed by atoms with E-state index in [9.17, 15) is 0 Å². The van der Waals surface area contributed by atoms with Gasteiger partial charge < -0.3 is 19.7 Å². The average Bonchev–Trinajstić information content (AvgIpc) is 3.35. The maximum Gasteiger partial charge on any atom is 0.232 e. The highest BCUT2D eigenvalue weighted by molar-refractivity contribution is 9.10. The van der Waals surface area contributed by atoms with Crippen LogP contribution >= 0.6 is 15.9 Å². The normalized spacial score (nSPS) is 15.3. The standard InChI is InChI=1S/C23H30BrN9/c1-14(2)32(13-20-26-18-10-15(3)16(4)11-19(18)27-20)23-29-22(31-8-6-30(5)7-9-31)28-21-17(24)12-25-33(21)23/h10-12,14H,6-9,13H2,1-5H3,(H,26,27). The highest BCUT2D eigenvalue weighted by Crippen LogP contribution is 2.26. The molecule has 33 heavy (non-hydrogen) atoms. The summed E-state index contributed by atoms with van der Waals surface area (Å²) < 4.78 is 2.68. The number of likely N-dealkylation sites (N-methyl/N-ethyl adjacent to an activating group) is 1. The van der Waals surface area contributed by atoms with Crippen LogP contribution in [0.4, 0.5) is 11.9 Å². The van der Waals surface area contributed by atoms with Crippen molar-refractivity contribution in [1.82, 2.24) is 34.4 Å². The lowest BCUT2D eigenvalue weighted by molar-refractivity contribution is 0.311. The van der Waals surface area contributed by atoms with Gasteiger partial charge in [0.15, 0.2) is 5.65 Å². The molecule has 1 aromatic carbocycles. The molecule has 10 heteroatoms. The van der Waals surface area contributed by atoms with Gasteiger partial charge in [-0.1, -0.05) is 0 Å². The number of fused-ring (bicyclic) bond motifs is 2. The van der Waals surface area contributed by atoms with Crippen LogP contribution in [0.25, 0.3) is 16.7 Å². The lowest BCUT2D eigenvalue weighted by atomic mass is 10.1. The molecule has 174 valence electrons. The Hall–Kier alpha value is -2.72. The number of piperazine rings is 1. The van der Waals surface area contributed by atoms with Crippen molar-refractivity contribution in [1.29, 1.82) is 0 Å².